The highest BCUT2D eigenvalue weighted by atomic mass is 35.5. The Morgan fingerprint density at radius 3 is 2.64 bits per heavy atom. The monoisotopic (exact) mass is 526 g/mol. The number of para-hydroxylation sites is 2. The van der Waals surface area contributed by atoms with Crippen molar-refractivity contribution in [2.45, 2.75) is 37.5 Å². The molecule has 0 aromatic heterocycles. The van der Waals surface area contributed by atoms with Crippen LogP contribution in [0.3, 0.4) is 0 Å². The molecule has 7 nitrogen and oxygen atoms in total. The topological polar surface area (TPSA) is 77.1 Å². The van der Waals surface area contributed by atoms with E-state index in [9.17, 15) is 22.8 Å². The van der Waals surface area contributed by atoms with Gasteiger partial charge in [-0.2, -0.15) is 13.2 Å². The van der Waals surface area contributed by atoms with Gasteiger partial charge in [-0.15, -0.1) is 0 Å². The van der Waals surface area contributed by atoms with E-state index in [0.29, 0.717) is 12.4 Å². The molecule has 0 saturated carbocycles. The van der Waals surface area contributed by atoms with Crippen molar-refractivity contribution in [2.75, 3.05) is 38.2 Å². The fourth-order valence-electron chi connectivity index (χ4n) is 4.43. The van der Waals surface area contributed by atoms with Crippen LogP contribution in [0.25, 0.3) is 0 Å². The van der Waals surface area contributed by atoms with Gasteiger partial charge in [-0.25, -0.2) is 4.79 Å². The quantitative estimate of drug-likeness (QED) is 0.399. The lowest BCUT2D eigenvalue weighted by Gasteiger charge is -2.38. The molecular weight excluding hydrogens is 501 g/mol. The molecule has 1 fully saturated rings. The number of hydrogen-bond acceptors (Lipinski definition) is 6. The van der Waals surface area contributed by atoms with E-state index in [1.165, 1.54) is 0 Å². The van der Waals surface area contributed by atoms with Crippen LogP contribution in [0.5, 0.6) is 11.5 Å². The van der Waals surface area contributed by atoms with Gasteiger partial charge in [0.25, 0.3) is 5.91 Å². The van der Waals surface area contributed by atoms with Crippen molar-refractivity contribution < 1.29 is 37.0 Å². The number of hydrogen-bond donors (Lipinski definition) is 1. The maximum absolute atomic E-state index is 12.2. The summed E-state index contributed by atoms with van der Waals surface area (Å²) >= 11 is 6.11. The highest BCUT2D eigenvalue weighted by Crippen LogP contribution is 2.42. The predicted molar refractivity (Wildman–Crippen MR) is 126 cm³/mol. The minimum atomic E-state index is -5.15. The summed E-state index contributed by atoms with van der Waals surface area (Å²) in [6.45, 7) is 1.98. The Hall–Kier alpha value is -2.98. The van der Waals surface area contributed by atoms with E-state index in [1.54, 1.807) is 24.3 Å². The number of esters is 1. The number of piperidine rings is 1. The maximum atomic E-state index is 12.2. The number of carbonyl (C=O) groups is 2. The number of carbonyl (C=O) groups excluding carboxylic acids is 2. The van der Waals surface area contributed by atoms with Crippen LogP contribution >= 0.6 is 11.6 Å². The van der Waals surface area contributed by atoms with Gasteiger partial charge < -0.3 is 24.4 Å². The van der Waals surface area contributed by atoms with Crippen LogP contribution in [0.2, 0.25) is 5.02 Å². The van der Waals surface area contributed by atoms with Gasteiger partial charge in [-0.3, -0.25) is 4.79 Å². The Kier molecular flexibility index (Phi) is 7.94. The van der Waals surface area contributed by atoms with Crippen molar-refractivity contribution in [3.05, 3.63) is 53.1 Å². The summed E-state index contributed by atoms with van der Waals surface area (Å²) in [4.78, 5) is 25.0. The summed E-state index contributed by atoms with van der Waals surface area (Å²) in [6, 6.07) is 12.3. The number of anilines is 1. The van der Waals surface area contributed by atoms with E-state index < -0.39 is 24.7 Å². The van der Waals surface area contributed by atoms with Crippen LogP contribution in [0.15, 0.2) is 42.5 Å². The zero-order valence-corrected chi connectivity index (χ0v) is 20.2. The molecule has 2 aliphatic rings. The number of halogens is 4. The van der Waals surface area contributed by atoms with Crippen LogP contribution in [-0.2, 0) is 20.7 Å². The second kappa shape index (κ2) is 11.0. The number of rotatable bonds is 8. The van der Waals surface area contributed by atoms with Gasteiger partial charge in [-0.1, -0.05) is 23.7 Å². The molecule has 1 amide bonds. The summed E-state index contributed by atoms with van der Waals surface area (Å²) < 4.78 is 52.7. The van der Waals surface area contributed by atoms with Gasteiger partial charge in [0.05, 0.1) is 12.3 Å². The lowest BCUT2D eigenvalue weighted by molar-refractivity contribution is -0.199. The van der Waals surface area contributed by atoms with Crippen molar-refractivity contribution in [1.29, 1.82) is 0 Å². The van der Waals surface area contributed by atoms with Gasteiger partial charge >= 0.3 is 12.1 Å². The molecule has 11 heteroatoms. The van der Waals surface area contributed by atoms with Gasteiger partial charge in [-0.05, 0) is 42.3 Å². The first-order chi connectivity index (χ1) is 17.1. The first kappa shape index (κ1) is 26.1. The van der Waals surface area contributed by atoms with Gasteiger partial charge in [0, 0.05) is 43.9 Å². The summed E-state index contributed by atoms with van der Waals surface area (Å²) in [5.41, 5.74) is 1.28. The average Bonchev–Trinajstić information content (AvgIpc) is 3.18. The Labute approximate surface area is 211 Å². The first-order valence-corrected chi connectivity index (χ1v) is 12.0. The van der Waals surface area contributed by atoms with Crippen LogP contribution < -0.4 is 14.8 Å². The fourth-order valence-corrected chi connectivity index (χ4v) is 4.63. The molecule has 0 unspecified atom stereocenters. The number of benzene rings is 2. The van der Waals surface area contributed by atoms with Crippen molar-refractivity contribution in [3.8, 4) is 11.5 Å². The van der Waals surface area contributed by atoms with Gasteiger partial charge in [0.15, 0.2) is 6.61 Å². The van der Waals surface area contributed by atoms with Crippen LogP contribution in [0, 0.1) is 0 Å². The van der Waals surface area contributed by atoms with Crippen molar-refractivity contribution in [2.24, 2.45) is 0 Å². The van der Waals surface area contributed by atoms with Crippen molar-refractivity contribution in [1.82, 2.24) is 4.90 Å². The molecule has 36 heavy (non-hydrogen) atoms. The third-order valence-electron chi connectivity index (χ3n) is 6.23. The fraction of sp³-hybridized carbons (Fsp3) is 0.440. The van der Waals surface area contributed by atoms with E-state index >= 15 is 0 Å². The molecule has 0 atom stereocenters. The summed E-state index contributed by atoms with van der Waals surface area (Å²) in [5, 5.41) is 3.13. The molecule has 2 aromatic rings. The van der Waals surface area contributed by atoms with Crippen molar-refractivity contribution >= 4 is 29.2 Å². The molecule has 2 heterocycles. The average molecular weight is 527 g/mol. The summed E-state index contributed by atoms with van der Waals surface area (Å²) in [5.74, 6) is -2.02. The largest absolute Gasteiger partial charge is 0.491 e. The third kappa shape index (κ3) is 6.61. The lowest BCUT2D eigenvalue weighted by Crippen LogP contribution is -2.47. The summed E-state index contributed by atoms with van der Waals surface area (Å²) in [6.07, 6.45) is -1.69. The number of alkyl halides is 3. The molecule has 4 rings (SSSR count). The molecule has 0 aliphatic carbocycles. The SMILES string of the molecule is O=C(COC(=O)C(F)(F)F)Nc1ccccc1OCCCN1CCC2(CC1)Cc1cc(Cl)ccc1O2. The Balaban J connectivity index is 1.18. The van der Waals surface area contributed by atoms with E-state index in [2.05, 4.69) is 15.0 Å². The predicted octanol–water partition coefficient (Wildman–Crippen LogP) is 4.62. The van der Waals surface area contributed by atoms with Crippen LogP contribution in [0.4, 0.5) is 18.9 Å². The van der Waals surface area contributed by atoms with Crippen LogP contribution in [0.1, 0.15) is 24.8 Å². The number of likely N-dealkylation sites (tertiary alicyclic amines) is 1. The zero-order valence-electron chi connectivity index (χ0n) is 19.4. The molecule has 1 saturated heterocycles. The number of nitrogens with one attached hydrogen (secondary N) is 1. The normalized spacial score (nSPS) is 16.8. The minimum absolute atomic E-state index is 0.161. The molecule has 0 bridgehead atoms. The Morgan fingerprint density at radius 2 is 1.89 bits per heavy atom. The van der Waals surface area contributed by atoms with E-state index in [4.69, 9.17) is 21.1 Å². The number of ether oxygens (including phenoxy) is 3. The minimum Gasteiger partial charge on any atom is -0.491 e. The second-order valence-electron chi connectivity index (χ2n) is 8.88. The molecule has 0 radical (unpaired) electrons. The molecule has 194 valence electrons. The molecule has 2 aliphatic heterocycles. The van der Waals surface area contributed by atoms with Gasteiger partial charge in [0.2, 0.25) is 0 Å². The summed E-state index contributed by atoms with van der Waals surface area (Å²) in [7, 11) is 0. The standard InChI is InChI=1S/C25H26ClF3N2O5/c26-18-6-7-20-17(14-18)15-24(36-20)8-11-31(12-9-24)10-3-13-34-21-5-2-1-4-19(21)30-22(32)16-35-23(33)25(27,28)29/h1-2,4-7,14H,3,8-13,15-16H2,(H,30,32). The third-order valence-corrected chi connectivity index (χ3v) is 6.47. The van der Waals surface area contributed by atoms with Crippen molar-refractivity contribution in [3.63, 3.8) is 0 Å². The Bertz CT molecular complexity index is 1100. The maximum Gasteiger partial charge on any atom is 0.490 e. The van der Waals surface area contributed by atoms with E-state index in [-0.39, 0.29) is 11.3 Å². The molecule has 1 N–H and O–H groups in total. The second-order valence-corrected chi connectivity index (χ2v) is 9.31. The zero-order chi connectivity index (χ0) is 25.8. The van der Waals surface area contributed by atoms with E-state index in [1.807, 2.05) is 18.2 Å². The highest BCUT2D eigenvalue weighted by molar-refractivity contribution is 6.30. The first-order valence-electron chi connectivity index (χ1n) is 11.6. The molecule has 2 aromatic carbocycles. The highest BCUT2D eigenvalue weighted by Gasteiger charge is 2.42. The lowest BCUT2D eigenvalue weighted by atomic mass is 9.87. The molecular formula is C25H26ClF3N2O5. The van der Waals surface area contributed by atoms with Gasteiger partial charge in [0.1, 0.15) is 17.1 Å². The van der Waals surface area contributed by atoms with E-state index in [0.717, 1.165) is 61.7 Å². The molecule has 1 spiro atoms. The smallest absolute Gasteiger partial charge is 0.490 e. The number of fused-ring (bicyclic) bond motifs is 1. The van der Waals surface area contributed by atoms with Crippen LogP contribution in [-0.4, -0.2) is 61.4 Å². The number of amides is 1. The number of nitrogens with zero attached hydrogens (tertiary/aromatic N) is 1. The Morgan fingerprint density at radius 1 is 1.14 bits per heavy atom.